The standard InChI is InChI=1S/C9H16FN/c1-7(2)5-11-6-9(10)3-8(11)4-9/h7-8H,3-6H2,1-2H3. The molecule has 1 saturated carbocycles. The van der Waals surface area contributed by atoms with E-state index in [0.717, 1.165) is 19.4 Å². The second-order valence-electron chi connectivity index (χ2n) is 4.54. The van der Waals surface area contributed by atoms with Crippen molar-refractivity contribution >= 4 is 0 Å². The van der Waals surface area contributed by atoms with Gasteiger partial charge in [-0.3, -0.25) is 4.90 Å². The molecule has 0 N–H and O–H groups in total. The normalized spacial score (nSPS) is 43.1. The van der Waals surface area contributed by atoms with Crippen molar-refractivity contribution < 1.29 is 4.39 Å². The number of fused-ring (bicyclic) bond motifs is 1. The third-order valence-corrected chi connectivity index (χ3v) is 2.81. The lowest BCUT2D eigenvalue weighted by atomic mass is 9.83. The molecule has 3 fully saturated rings. The van der Waals surface area contributed by atoms with E-state index >= 15 is 0 Å². The fourth-order valence-electron chi connectivity index (χ4n) is 2.35. The van der Waals surface area contributed by atoms with Crippen LogP contribution in [0, 0.1) is 5.92 Å². The zero-order chi connectivity index (χ0) is 8.06. The predicted molar refractivity (Wildman–Crippen MR) is 43.3 cm³/mol. The van der Waals surface area contributed by atoms with Crippen LogP contribution < -0.4 is 0 Å². The van der Waals surface area contributed by atoms with Gasteiger partial charge in [-0.2, -0.15) is 0 Å². The number of halogens is 1. The van der Waals surface area contributed by atoms with E-state index in [-0.39, 0.29) is 0 Å². The highest BCUT2D eigenvalue weighted by Gasteiger charge is 2.55. The Morgan fingerprint density at radius 3 is 2.55 bits per heavy atom. The fraction of sp³-hybridized carbons (Fsp3) is 1.00. The molecule has 2 heterocycles. The Morgan fingerprint density at radius 1 is 1.55 bits per heavy atom. The topological polar surface area (TPSA) is 3.24 Å². The van der Waals surface area contributed by atoms with Gasteiger partial charge < -0.3 is 0 Å². The van der Waals surface area contributed by atoms with Crippen molar-refractivity contribution in [2.24, 2.45) is 5.92 Å². The molecule has 2 bridgehead atoms. The van der Waals surface area contributed by atoms with Gasteiger partial charge in [0.05, 0.1) is 0 Å². The Balaban J connectivity index is 1.90. The van der Waals surface area contributed by atoms with Crippen LogP contribution >= 0.6 is 0 Å². The molecule has 2 saturated heterocycles. The van der Waals surface area contributed by atoms with Crippen LogP contribution in [0.4, 0.5) is 4.39 Å². The van der Waals surface area contributed by atoms with E-state index in [1.54, 1.807) is 0 Å². The third-order valence-electron chi connectivity index (χ3n) is 2.81. The summed E-state index contributed by atoms with van der Waals surface area (Å²) in [7, 11) is 0. The average Bonchev–Trinajstić information content (AvgIpc) is 2.17. The van der Waals surface area contributed by atoms with Gasteiger partial charge in [-0.1, -0.05) is 13.8 Å². The maximum Gasteiger partial charge on any atom is 0.126 e. The number of hydrogen-bond acceptors (Lipinski definition) is 1. The van der Waals surface area contributed by atoms with Crippen molar-refractivity contribution in [3.05, 3.63) is 0 Å². The molecule has 1 aliphatic carbocycles. The van der Waals surface area contributed by atoms with Gasteiger partial charge in [0.25, 0.3) is 0 Å². The first-order valence-electron chi connectivity index (χ1n) is 4.52. The van der Waals surface area contributed by atoms with Crippen LogP contribution in [0.5, 0.6) is 0 Å². The van der Waals surface area contributed by atoms with Gasteiger partial charge in [0.15, 0.2) is 0 Å². The first-order chi connectivity index (χ1) is 5.09. The lowest BCUT2D eigenvalue weighted by molar-refractivity contribution is 0.107. The second-order valence-corrected chi connectivity index (χ2v) is 4.54. The first kappa shape index (κ1) is 7.53. The molecule has 0 radical (unpaired) electrons. The van der Waals surface area contributed by atoms with E-state index < -0.39 is 5.67 Å². The molecule has 0 amide bonds. The van der Waals surface area contributed by atoms with Crippen LogP contribution in [0.2, 0.25) is 0 Å². The molecular formula is C9H16FN. The molecular weight excluding hydrogens is 141 g/mol. The lowest BCUT2D eigenvalue weighted by Crippen LogP contribution is -2.36. The zero-order valence-electron chi connectivity index (χ0n) is 7.31. The highest BCUT2D eigenvalue weighted by Crippen LogP contribution is 2.47. The summed E-state index contributed by atoms with van der Waals surface area (Å²) < 4.78 is 13.3. The van der Waals surface area contributed by atoms with Crippen molar-refractivity contribution in [1.29, 1.82) is 0 Å². The Hall–Kier alpha value is -0.110. The summed E-state index contributed by atoms with van der Waals surface area (Å²) in [5, 5.41) is 0. The maximum absolute atomic E-state index is 13.3. The average molecular weight is 157 g/mol. The van der Waals surface area contributed by atoms with Gasteiger partial charge in [-0.05, 0) is 18.8 Å². The SMILES string of the molecule is CC(C)CN1CC2(F)CC1C2. The minimum atomic E-state index is -0.778. The molecule has 0 aromatic rings. The highest BCUT2D eigenvalue weighted by molar-refractivity contribution is 5.09. The summed E-state index contributed by atoms with van der Waals surface area (Å²) in [5.41, 5.74) is -0.778. The Kier molecular flexibility index (Phi) is 1.50. The Bertz CT molecular complexity index is 161. The molecule has 3 aliphatic rings. The van der Waals surface area contributed by atoms with Crippen molar-refractivity contribution in [1.82, 2.24) is 4.90 Å². The first-order valence-corrected chi connectivity index (χ1v) is 4.52. The summed E-state index contributed by atoms with van der Waals surface area (Å²) in [6.07, 6.45) is 1.61. The van der Waals surface area contributed by atoms with Crippen LogP contribution in [-0.2, 0) is 0 Å². The van der Waals surface area contributed by atoms with E-state index in [1.807, 2.05) is 0 Å². The largest absolute Gasteiger partial charge is 0.297 e. The number of rotatable bonds is 2. The van der Waals surface area contributed by atoms with E-state index in [9.17, 15) is 4.39 Å². The molecule has 64 valence electrons. The van der Waals surface area contributed by atoms with Gasteiger partial charge in [-0.15, -0.1) is 0 Å². The minimum Gasteiger partial charge on any atom is -0.297 e. The molecule has 3 rings (SSSR count). The summed E-state index contributed by atoms with van der Waals surface area (Å²) in [6.45, 7) is 6.17. The van der Waals surface area contributed by atoms with Gasteiger partial charge in [-0.25, -0.2) is 4.39 Å². The molecule has 0 aromatic heterocycles. The summed E-state index contributed by atoms with van der Waals surface area (Å²) >= 11 is 0. The monoisotopic (exact) mass is 157 g/mol. The smallest absolute Gasteiger partial charge is 0.126 e. The number of hydrogen-bond donors (Lipinski definition) is 0. The van der Waals surface area contributed by atoms with Crippen LogP contribution in [0.25, 0.3) is 0 Å². The van der Waals surface area contributed by atoms with Crippen LogP contribution in [0.15, 0.2) is 0 Å². The molecule has 0 atom stereocenters. The van der Waals surface area contributed by atoms with Crippen molar-refractivity contribution in [2.45, 2.75) is 38.4 Å². The van der Waals surface area contributed by atoms with Crippen LogP contribution in [0.3, 0.4) is 0 Å². The predicted octanol–water partition coefficient (Wildman–Crippen LogP) is 1.83. The Morgan fingerprint density at radius 2 is 2.18 bits per heavy atom. The molecule has 0 unspecified atom stereocenters. The fourth-order valence-corrected chi connectivity index (χ4v) is 2.35. The van der Waals surface area contributed by atoms with Gasteiger partial charge in [0, 0.05) is 19.1 Å². The Labute approximate surface area is 67.6 Å². The quantitative estimate of drug-likeness (QED) is 0.591. The molecule has 0 aromatic carbocycles. The van der Waals surface area contributed by atoms with Crippen molar-refractivity contribution in [3.8, 4) is 0 Å². The van der Waals surface area contributed by atoms with Crippen molar-refractivity contribution in [2.75, 3.05) is 13.1 Å². The molecule has 1 nitrogen and oxygen atoms in total. The van der Waals surface area contributed by atoms with Gasteiger partial charge in [0.1, 0.15) is 5.67 Å². The molecule has 2 aliphatic heterocycles. The van der Waals surface area contributed by atoms with Gasteiger partial charge in [0.2, 0.25) is 0 Å². The molecule has 0 spiro atoms. The van der Waals surface area contributed by atoms with Crippen molar-refractivity contribution in [3.63, 3.8) is 0 Å². The van der Waals surface area contributed by atoms with Crippen LogP contribution in [-0.4, -0.2) is 29.7 Å². The van der Waals surface area contributed by atoms with E-state index in [2.05, 4.69) is 18.7 Å². The summed E-state index contributed by atoms with van der Waals surface area (Å²) in [5.74, 6) is 0.679. The summed E-state index contributed by atoms with van der Waals surface area (Å²) in [4.78, 5) is 2.31. The van der Waals surface area contributed by atoms with E-state index in [0.29, 0.717) is 18.5 Å². The van der Waals surface area contributed by atoms with Crippen LogP contribution in [0.1, 0.15) is 26.7 Å². The minimum absolute atomic E-state index is 0.586. The lowest BCUT2D eigenvalue weighted by Gasteiger charge is -2.30. The number of alkyl halides is 1. The maximum atomic E-state index is 13.3. The molecule has 2 heteroatoms. The third kappa shape index (κ3) is 1.18. The van der Waals surface area contributed by atoms with E-state index in [4.69, 9.17) is 0 Å². The summed E-state index contributed by atoms with van der Waals surface area (Å²) in [6, 6.07) is 0.586. The zero-order valence-corrected chi connectivity index (χ0v) is 7.31. The number of nitrogens with zero attached hydrogens (tertiary/aromatic N) is 1. The van der Waals surface area contributed by atoms with E-state index in [1.165, 1.54) is 0 Å². The van der Waals surface area contributed by atoms with Gasteiger partial charge >= 0.3 is 0 Å². The molecule has 11 heavy (non-hydrogen) atoms. The second kappa shape index (κ2) is 2.19. The highest BCUT2D eigenvalue weighted by atomic mass is 19.1.